The Balaban J connectivity index is 0. The molecule has 16 nitrogen and oxygen atoms in total. The summed E-state index contributed by atoms with van der Waals surface area (Å²) in [4.78, 5) is 59.6. The molecule has 1 fully saturated rings. The molecule has 1 aliphatic heterocycles. The van der Waals surface area contributed by atoms with Gasteiger partial charge in [-0.1, -0.05) is 0 Å². The van der Waals surface area contributed by atoms with Gasteiger partial charge in [-0.3, -0.25) is 19.4 Å². The van der Waals surface area contributed by atoms with Crippen LogP contribution in [0.4, 0.5) is 64.3 Å². The second kappa shape index (κ2) is 22.1. The molecule has 0 aliphatic carbocycles. The maximum atomic E-state index is 12.2. The van der Waals surface area contributed by atoms with E-state index in [1.165, 1.54) is 6.20 Å². The number of hydrogen-bond donors (Lipinski definition) is 5. The van der Waals surface area contributed by atoms with Crippen LogP contribution in [0.5, 0.6) is 0 Å². The molecule has 4 rings (SSSR count). The van der Waals surface area contributed by atoms with Gasteiger partial charge in [0.2, 0.25) is 0 Å². The average molecular weight is 795 g/mol. The Morgan fingerprint density at radius 3 is 1.57 bits per heavy atom. The van der Waals surface area contributed by atoms with E-state index in [9.17, 15) is 57.5 Å². The van der Waals surface area contributed by atoms with Crippen LogP contribution in [0.2, 0.25) is 0 Å². The summed E-state index contributed by atoms with van der Waals surface area (Å²) < 4.78 is 128. The Morgan fingerprint density at radius 1 is 0.774 bits per heavy atom. The first kappa shape index (κ1) is 49.2. The van der Waals surface area contributed by atoms with E-state index in [2.05, 4.69) is 37.2 Å². The molecule has 0 spiro atoms. The third-order valence-corrected chi connectivity index (χ3v) is 5.10. The number of hydrogen-bond acceptors (Lipinski definition) is 10. The molecule has 0 saturated carbocycles. The predicted octanol–water partition coefficient (Wildman–Crippen LogP) is 3.91. The Bertz CT molecular complexity index is 1530. The number of carbonyl (C=O) groups is 5. The highest BCUT2D eigenvalue weighted by Gasteiger charge is 2.58. The third kappa shape index (κ3) is 20.5. The first-order chi connectivity index (χ1) is 24.2. The van der Waals surface area contributed by atoms with Crippen LogP contribution in [0.3, 0.4) is 0 Å². The maximum absolute atomic E-state index is 12.2. The molecule has 3 aromatic heterocycles. The van der Waals surface area contributed by atoms with Crippen molar-refractivity contribution >= 4 is 48.1 Å². The molecule has 5 N–H and O–H groups in total. The van der Waals surface area contributed by atoms with Gasteiger partial charge in [0, 0.05) is 38.6 Å². The molecule has 0 aromatic carbocycles. The highest BCUT2D eigenvalue weighted by atomic mass is 19.5. The van der Waals surface area contributed by atoms with Crippen LogP contribution in [0, 0.1) is 0 Å². The van der Waals surface area contributed by atoms with Gasteiger partial charge in [-0.2, -0.15) is 52.7 Å². The quantitative estimate of drug-likeness (QED) is 0.187. The van der Waals surface area contributed by atoms with Gasteiger partial charge < -0.3 is 35.5 Å². The summed E-state index contributed by atoms with van der Waals surface area (Å²) in [6.45, 7) is 3.45. The van der Waals surface area contributed by atoms with Crippen molar-refractivity contribution in [3.8, 4) is 0 Å². The van der Waals surface area contributed by atoms with Gasteiger partial charge >= 0.3 is 36.6 Å². The van der Waals surface area contributed by atoms with E-state index < -0.39 is 36.6 Å². The summed E-state index contributed by atoms with van der Waals surface area (Å²) in [6.07, 6.45) is -17.4. The molecule has 0 atom stereocenters. The molecule has 4 heterocycles. The molecule has 1 saturated heterocycles. The number of halogens is 12. The lowest BCUT2D eigenvalue weighted by Crippen LogP contribution is -2.44. The minimum atomic E-state index is -6.06. The average Bonchev–Trinajstić information content (AvgIpc) is 3.43. The predicted molar refractivity (Wildman–Crippen MR) is 152 cm³/mol. The zero-order chi connectivity index (χ0) is 41.8. The van der Waals surface area contributed by atoms with Gasteiger partial charge in [-0.05, 0) is 31.3 Å². The van der Waals surface area contributed by atoms with Crippen molar-refractivity contribution in [2.75, 3.05) is 43.4 Å². The SMILES string of the molecule is CN1CCN(c2ccc3nc(NC(=O)c4cccnc4)cn3n2)CC1.FC(F)(F)C(F)(F)F.O=C(O)C(F)(F)F.O=C(O)C(F)(F)F.O=CO.O=CO. The monoisotopic (exact) mass is 795 g/mol. The van der Waals surface area contributed by atoms with Gasteiger partial charge in [0.15, 0.2) is 11.5 Å². The number of aromatic nitrogens is 4. The lowest BCUT2D eigenvalue weighted by atomic mass is 10.3. The van der Waals surface area contributed by atoms with E-state index in [4.69, 9.17) is 39.6 Å². The van der Waals surface area contributed by atoms with E-state index >= 15 is 0 Å². The van der Waals surface area contributed by atoms with Crippen LogP contribution < -0.4 is 10.2 Å². The molecular formula is C25H25F12N7O9. The van der Waals surface area contributed by atoms with Crippen molar-refractivity contribution in [1.82, 2.24) is 24.5 Å². The number of alkyl halides is 12. The number of fused-ring (bicyclic) bond motifs is 1. The number of likely N-dealkylation sites (N-methyl/N-ethyl adjacent to an activating group) is 1. The molecule has 1 amide bonds. The van der Waals surface area contributed by atoms with Crippen molar-refractivity contribution in [1.29, 1.82) is 0 Å². The number of amides is 1. The highest BCUT2D eigenvalue weighted by molar-refractivity contribution is 6.03. The first-order valence-corrected chi connectivity index (χ1v) is 13.1. The van der Waals surface area contributed by atoms with Crippen LogP contribution >= 0.6 is 0 Å². The Kier molecular flexibility index (Phi) is 20.5. The van der Waals surface area contributed by atoms with E-state index in [1.54, 1.807) is 29.0 Å². The number of pyridine rings is 1. The van der Waals surface area contributed by atoms with Crippen molar-refractivity contribution < 1.29 is 97.1 Å². The number of carboxylic acids is 2. The van der Waals surface area contributed by atoms with Gasteiger partial charge in [-0.25, -0.2) is 19.1 Å². The third-order valence-electron chi connectivity index (χ3n) is 5.10. The summed E-state index contributed by atoms with van der Waals surface area (Å²) in [7, 11) is 2.13. The summed E-state index contributed by atoms with van der Waals surface area (Å²) in [5, 5.41) is 35.4. The summed E-state index contributed by atoms with van der Waals surface area (Å²) in [5.41, 5.74) is 1.19. The summed E-state index contributed by atoms with van der Waals surface area (Å²) in [5.74, 6) is -4.36. The lowest BCUT2D eigenvalue weighted by molar-refractivity contribution is -0.339. The topological polar surface area (TPSA) is 228 Å². The minimum absolute atomic E-state index is 0.240. The fourth-order valence-corrected chi connectivity index (χ4v) is 2.82. The number of nitrogens with zero attached hydrogens (tertiary/aromatic N) is 6. The Labute approximate surface area is 286 Å². The van der Waals surface area contributed by atoms with Crippen LogP contribution in [-0.4, -0.2) is 134 Å². The molecule has 0 radical (unpaired) electrons. The first-order valence-electron chi connectivity index (χ1n) is 13.1. The number of nitrogens with one attached hydrogen (secondary N) is 1. The number of carbonyl (C=O) groups excluding carboxylic acids is 1. The Hall–Kier alpha value is -5.96. The van der Waals surface area contributed by atoms with Crippen molar-refractivity contribution in [3.63, 3.8) is 0 Å². The van der Waals surface area contributed by atoms with Crippen LogP contribution in [0.25, 0.3) is 5.65 Å². The van der Waals surface area contributed by atoms with Gasteiger partial charge in [0.1, 0.15) is 5.82 Å². The van der Waals surface area contributed by atoms with Gasteiger partial charge in [-0.15, -0.1) is 5.10 Å². The van der Waals surface area contributed by atoms with E-state index in [-0.39, 0.29) is 18.9 Å². The Morgan fingerprint density at radius 2 is 1.21 bits per heavy atom. The normalized spacial score (nSPS) is 12.9. The maximum Gasteiger partial charge on any atom is 0.490 e. The van der Waals surface area contributed by atoms with E-state index in [0.29, 0.717) is 17.0 Å². The van der Waals surface area contributed by atoms with Crippen LogP contribution in [0.1, 0.15) is 10.4 Å². The number of imidazole rings is 1. The lowest BCUT2D eigenvalue weighted by Gasteiger charge is -2.32. The standard InChI is InChI=1S/C17H19N7O.C2F6.2C2HF3O2.2CH2O2/c1-22-7-9-23(10-8-22)16-5-4-15-19-14(12-24(15)21-16)20-17(25)13-3-2-6-18-11-13;3-1(4,5)2(6,7)8;2*3-2(4,5)1(6)7;2*2-1-3/h2-6,11-12H,7-10H2,1H3,(H,20,25);;2*(H,6,7);2*1H,(H,2,3). The molecule has 1 aliphatic rings. The van der Waals surface area contributed by atoms with Crippen molar-refractivity contribution in [3.05, 3.63) is 48.4 Å². The zero-order valence-electron chi connectivity index (χ0n) is 26.1. The largest absolute Gasteiger partial charge is 0.490 e. The van der Waals surface area contributed by atoms with Crippen LogP contribution in [-0.2, 0) is 19.2 Å². The van der Waals surface area contributed by atoms with Crippen LogP contribution in [0.15, 0.2) is 42.9 Å². The molecule has 3 aromatic rings. The number of anilines is 2. The minimum Gasteiger partial charge on any atom is -0.483 e. The van der Waals surface area contributed by atoms with Gasteiger partial charge in [0.05, 0.1) is 11.8 Å². The smallest absolute Gasteiger partial charge is 0.483 e. The molecule has 0 unspecified atom stereocenters. The fraction of sp³-hybridized carbons (Fsp3) is 0.360. The van der Waals surface area contributed by atoms with Crippen molar-refractivity contribution in [2.45, 2.75) is 24.7 Å². The molecule has 28 heteroatoms. The molecular weight excluding hydrogens is 770 g/mol. The van der Waals surface area contributed by atoms with Crippen molar-refractivity contribution in [2.24, 2.45) is 0 Å². The fourth-order valence-electron chi connectivity index (χ4n) is 2.82. The number of piperazine rings is 1. The zero-order valence-corrected chi connectivity index (χ0v) is 26.1. The van der Waals surface area contributed by atoms with E-state index in [0.717, 1.165) is 32.0 Å². The molecule has 53 heavy (non-hydrogen) atoms. The molecule has 0 bridgehead atoms. The number of aliphatic carboxylic acids is 2. The van der Waals surface area contributed by atoms with E-state index in [1.807, 2.05) is 12.1 Å². The summed E-state index contributed by atoms with van der Waals surface area (Å²) in [6, 6.07) is 7.32. The second-order valence-electron chi connectivity index (χ2n) is 8.92. The number of carboxylic acid groups (broad SMARTS) is 4. The van der Waals surface area contributed by atoms with Gasteiger partial charge in [0.25, 0.3) is 18.9 Å². The summed E-state index contributed by atoms with van der Waals surface area (Å²) >= 11 is 0. The second-order valence-corrected chi connectivity index (χ2v) is 8.92. The number of rotatable bonds is 3. The molecule has 298 valence electrons. The highest BCUT2D eigenvalue weighted by Crippen LogP contribution is 2.35.